The summed E-state index contributed by atoms with van der Waals surface area (Å²) in [6.07, 6.45) is 0.954. The van der Waals surface area contributed by atoms with Crippen LogP contribution in [0.25, 0.3) is 0 Å². The summed E-state index contributed by atoms with van der Waals surface area (Å²) >= 11 is 0. The van der Waals surface area contributed by atoms with E-state index < -0.39 is 23.3 Å². The van der Waals surface area contributed by atoms with Crippen LogP contribution < -0.4 is 11.1 Å². The molecule has 1 aromatic carbocycles. The van der Waals surface area contributed by atoms with Crippen molar-refractivity contribution in [2.75, 3.05) is 19.0 Å². The van der Waals surface area contributed by atoms with E-state index in [1.807, 2.05) is 6.92 Å². The molecule has 0 saturated heterocycles. The van der Waals surface area contributed by atoms with Gasteiger partial charge in [0.1, 0.15) is 22.3 Å². The molecule has 3 rings (SSSR count). The number of ether oxygens (including phenoxy) is 3. The molecule has 28 heavy (non-hydrogen) atoms. The summed E-state index contributed by atoms with van der Waals surface area (Å²) in [6, 6.07) is 6.80. The highest BCUT2D eigenvalue weighted by molar-refractivity contribution is 6.21. The molecule has 8 nitrogen and oxygen atoms in total. The lowest BCUT2D eigenvalue weighted by molar-refractivity contribution is -0.142. The number of allylic oxidation sites excluding steroid dienone is 1. The van der Waals surface area contributed by atoms with Crippen LogP contribution in [0.4, 0.5) is 5.69 Å². The van der Waals surface area contributed by atoms with Gasteiger partial charge >= 0.3 is 11.9 Å². The van der Waals surface area contributed by atoms with Crippen molar-refractivity contribution < 1.29 is 28.6 Å². The molecule has 1 atom stereocenters. The summed E-state index contributed by atoms with van der Waals surface area (Å²) in [4.78, 5) is 39.0. The van der Waals surface area contributed by atoms with Crippen molar-refractivity contribution in [1.29, 1.82) is 0 Å². The van der Waals surface area contributed by atoms with Gasteiger partial charge in [-0.05, 0) is 19.4 Å². The first-order valence-corrected chi connectivity index (χ1v) is 9.01. The third-order valence-electron chi connectivity index (χ3n) is 4.77. The fourth-order valence-electron chi connectivity index (χ4n) is 3.74. The molecule has 1 amide bonds. The van der Waals surface area contributed by atoms with Crippen LogP contribution in [0.5, 0.6) is 0 Å². The van der Waals surface area contributed by atoms with Crippen molar-refractivity contribution >= 4 is 23.5 Å². The summed E-state index contributed by atoms with van der Waals surface area (Å²) < 4.78 is 15.8. The van der Waals surface area contributed by atoms with Gasteiger partial charge in [-0.25, -0.2) is 9.59 Å². The first-order chi connectivity index (χ1) is 13.4. The molecule has 1 aromatic rings. The van der Waals surface area contributed by atoms with E-state index in [0.717, 1.165) is 0 Å². The van der Waals surface area contributed by atoms with Crippen LogP contribution in [0, 0.1) is 0 Å². The minimum absolute atomic E-state index is 0.0587. The molecule has 0 radical (unpaired) electrons. The quantitative estimate of drug-likeness (QED) is 0.742. The third kappa shape index (κ3) is 2.64. The van der Waals surface area contributed by atoms with Crippen molar-refractivity contribution in [2.24, 2.45) is 5.73 Å². The zero-order chi connectivity index (χ0) is 20.5. The standard InChI is InChI=1S/C20H22N2O6/c1-4-8-13-14(17(23)26-3)20(15(16(21)28-13)18(24)27-5-2)11-9-6-7-10-12(11)22-19(20)25/h6-7,9-10H,4-5,8,21H2,1-3H3,(H,22,25). The molecule has 0 bridgehead atoms. The number of amides is 1. The van der Waals surface area contributed by atoms with Crippen LogP contribution in [0.15, 0.2) is 47.1 Å². The number of hydrogen-bond donors (Lipinski definition) is 2. The highest BCUT2D eigenvalue weighted by Gasteiger charge is 2.61. The maximum atomic E-state index is 13.3. The smallest absolute Gasteiger partial charge is 0.341 e. The molecule has 0 aliphatic carbocycles. The first kappa shape index (κ1) is 19.5. The maximum absolute atomic E-state index is 13.3. The number of anilines is 1. The van der Waals surface area contributed by atoms with Gasteiger partial charge in [-0.15, -0.1) is 0 Å². The topological polar surface area (TPSA) is 117 Å². The molecule has 2 aliphatic rings. The largest absolute Gasteiger partial charge is 0.466 e. The number of nitrogens with one attached hydrogen (secondary N) is 1. The number of hydrogen-bond acceptors (Lipinski definition) is 7. The monoisotopic (exact) mass is 386 g/mol. The summed E-state index contributed by atoms with van der Waals surface area (Å²) in [5.74, 6) is -2.25. The van der Waals surface area contributed by atoms with Crippen molar-refractivity contribution in [1.82, 2.24) is 0 Å². The minimum atomic E-state index is -1.80. The molecule has 1 spiro atoms. The van der Waals surface area contributed by atoms with E-state index in [2.05, 4.69) is 5.32 Å². The normalized spacial score (nSPS) is 20.6. The van der Waals surface area contributed by atoms with Crippen LogP contribution in [-0.4, -0.2) is 31.6 Å². The van der Waals surface area contributed by atoms with Gasteiger partial charge in [0.25, 0.3) is 0 Å². The summed E-state index contributed by atoms with van der Waals surface area (Å²) in [7, 11) is 1.21. The number of para-hydroxylation sites is 1. The number of carbonyl (C=O) groups excluding carboxylic acids is 3. The van der Waals surface area contributed by atoms with Crippen LogP contribution in [0.2, 0.25) is 0 Å². The average Bonchev–Trinajstić information content (AvgIpc) is 2.94. The lowest BCUT2D eigenvalue weighted by Crippen LogP contribution is -2.48. The molecule has 8 heteroatoms. The van der Waals surface area contributed by atoms with Gasteiger partial charge in [0.2, 0.25) is 11.8 Å². The molecular formula is C20H22N2O6. The Morgan fingerprint density at radius 1 is 1.18 bits per heavy atom. The average molecular weight is 386 g/mol. The lowest BCUT2D eigenvalue weighted by Gasteiger charge is -2.36. The number of fused-ring (bicyclic) bond motifs is 2. The Labute approximate surface area is 162 Å². The number of nitrogens with two attached hydrogens (primary N) is 1. The second-order valence-corrected chi connectivity index (χ2v) is 6.35. The van der Waals surface area contributed by atoms with E-state index in [4.69, 9.17) is 19.9 Å². The van der Waals surface area contributed by atoms with Gasteiger partial charge in [0.05, 0.1) is 13.7 Å². The number of methoxy groups -OCH3 is 1. The Morgan fingerprint density at radius 2 is 1.89 bits per heavy atom. The minimum Gasteiger partial charge on any atom is -0.466 e. The van der Waals surface area contributed by atoms with Crippen LogP contribution in [-0.2, 0) is 34.0 Å². The maximum Gasteiger partial charge on any atom is 0.341 e. The van der Waals surface area contributed by atoms with E-state index in [0.29, 0.717) is 24.1 Å². The summed E-state index contributed by atoms with van der Waals surface area (Å²) in [6.45, 7) is 3.59. The highest BCUT2D eigenvalue weighted by atomic mass is 16.5. The second-order valence-electron chi connectivity index (χ2n) is 6.35. The molecule has 0 saturated carbocycles. The SMILES string of the molecule is CCCC1=C(C(=O)OC)C2(C(=O)Nc3ccccc32)C(C(=O)OCC)=C(N)O1. The Morgan fingerprint density at radius 3 is 2.54 bits per heavy atom. The van der Waals surface area contributed by atoms with Crippen molar-refractivity contribution in [3.05, 3.63) is 52.6 Å². The van der Waals surface area contributed by atoms with Gasteiger partial charge in [-0.2, -0.15) is 0 Å². The Hall–Kier alpha value is -3.29. The number of rotatable bonds is 5. The zero-order valence-corrected chi connectivity index (χ0v) is 16.0. The van der Waals surface area contributed by atoms with E-state index in [-0.39, 0.29) is 29.4 Å². The third-order valence-corrected chi connectivity index (χ3v) is 4.77. The number of esters is 2. The molecular weight excluding hydrogens is 364 g/mol. The highest BCUT2D eigenvalue weighted by Crippen LogP contribution is 2.52. The van der Waals surface area contributed by atoms with Gasteiger partial charge in [-0.3, -0.25) is 4.79 Å². The first-order valence-electron chi connectivity index (χ1n) is 9.01. The van der Waals surface area contributed by atoms with Crippen molar-refractivity contribution in [3.63, 3.8) is 0 Å². The van der Waals surface area contributed by atoms with Crippen molar-refractivity contribution in [2.45, 2.75) is 32.1 Å². The molecule has 1 unspecified atom stereocenters. The van der Waals surface area contributed by atoms with E-state index >= 15 is 0 Å². The molecule has 0 aromatic heterocycles. The van der Waals surface area contributed by atoms with Gasteiger partial charge < -0.3 is 25.3 Å². The van der Waals surface area contributed by atoms with Crippen LogP contribution >= 0.6 is 0 Å². The predicted molar refractivity (Wildman–Crippen MR) is 99.6 cm³/mol. The Balaban J connectivity index is 2.41. The second kappa shape index (κ2) is 7.38. The Bertz CT molecular complexity index is 917. The van der Waals surface area contributed by atoms with Gasteiger partial charge in [-0.1, -0.05) is 25.1 Å². The zero-order valence-electron chi connectivity index (χ0n) is 16.0. The fourth-order valence-corrected chi connectivity index (χ4v) is 3.74. The molecule has 148 valence electrons. The molecule has 2 aliphatic heterocycles. The van der Waals surface area contributed by atoms with Gasteiger partial charge in [0.15, 0.2) is 0 Å². The fraction of sp³-hybridized carbons (Fsp3) is 0.350. The van der Waals surface area contributed by atoms with E-state index in [9.17, 15) is 14.4 Å². The summed E-state index contributed by atoms with van der Waals surface area (Å²) in [5.41, 5.74) is 4.91. The predicted octanol–water partition coefficient (Wildman–Crippen LogP) is 1.87. The number of carbonyl (C=O) groups is 3. The van der Waals surface area contributed by atoms with E-state index in [1.165, 1.54) is 7.11 Å². The van der Waals surface area contributed by atoms with E-state index in [1.54, 1.807) is 31.2 Å². The molecule has 0 fully saturated rings. The van der Waals surface area contributed by atoms with Crippen LogP contribution in [0.3, 0.4) is 0 Å². The van der Waals surface area contributed by atoms with Gasteiger partial charge in [0, 0.05) is 17.7 Å². The summed E-state index contributed by atoms with van der Waals surface area (Å²) in [5, 5.41) is 2.74. The lowest BCUT2D eigenvalue weighted by atomic mass is 9.67. The van der Waals surface area contributed by atoms with Crippen LogP contribution in [0.1, 0.15) is 32.3 Å². The number of benzene rings is 1. The molecule has 3 N–H and O–H groups in total. The Kier molecular flexibility index (Phi) is 5.13. The molecule has 2 heterocycles. The van der Waals surface area contributed by atoms with Crippen molar-refractivity contribution in [3.8, 4) is 0 Å².